The van der Waals surface area contributed by atoms with Crippen molar-refractivity contribution in [2.45, 2.75) is 57.9 Å². The van der Waals surface area contributed by atoms with Crippen molar-refractivity contribution in [3.05, 3.63) is 71.3 Å². The van der Waals surface area contributed by atoms with Crippen LogP contribution >= 0.6 is 0 Å². The lowest BCUT2D eigenvalue weighted by Gasteiger charge is -2.46. The van der Waals surface area contributed by atoms with Gasteiger partial charge in [0.25, 0.3) is 5.91 Å². The van der Waals surface area contributed by atoms with Crippen molar-refractivity contribution < 1.29 is 9.59 Å². The summed E-state index contributed by atoms with van der Waals surface area (Å²) in [6.45, 7) is 5.88. The summed E-state index contributed by atoms with van der Waals surface area (Å²) < 4.78 is 0. The highest BCUT2D eigenvalue weighted by atomic mass is 16.2. The maximum absolute atomic E-state index is 13.6. The number of hydrogen-bond donors (Lipinski definition) is 1. The number of likely N-dealkylation sites (tertiary alicyclic amines) is 1. The minimum Gasteiger partial charge on any atom is -0.349 e. The SMILES string of the molecule is CC1(C)CN(C(=O)[C@H]2CCCC[C@H]2NC(=O)c2ccccc2)CCC1c1ccc(C#N)cc1. The van der Waals surface area contributed by atoms with Crippen molar-refractivity contribution in [2.75, 3.05) is 13.1 Å². The molecule has 0 spiro atoms. The molecular weight excluding hydrogens is 410 g/mol. The number of nitrogens with one attached hydrogen (secondary N) is 1. The summed E-state index contributed by atoms with van der Waals surface area (Å²) in [5.41, 5.74) is 2.47. The third kappa shape index (κ3) is 5.11. The molecule has 1 heterocycles. The van der Waals surface area contributed by atoms with Crippen molar-refractivity contribution in [2.24, 2.45) is 11.3 Å². The Bertz CT molecular complexity index is 1020. The second kappa shape index (κ2) is 9.79. The zero-order valence-electron chi connectivity index (χ0n) is 19.6. The van der Waals surface area contributed by atoms with Crippen molar-refractivity contribution in [3.63, 3.8) is 0 Å². The molecule has 4 rings (SSSR count). The Hall–Kier alpha value is -3.13. The van der Waals surface area contributed by atoms with Crippen LogP contribution in [0.5, 0.6) is 0 Å². The summed E-state index contributed by atoms with van der Waals surface area (Å²) in [6.07, 6.45) is 4.64. The van der Waals surface area contributed by atoms with Crippen LogP contribution in [-0.2, 0) is 4.79 Å². The van der Waals surface area contributed by atoms with E-state index >= 15 is 0 Å². The highest BCUT2D eigenvalue weighted by Crippen LogP contribution is 2.43. The van der Waals surface area contributed by atoms with Gasteiger partial charge in [0.15, 0.2) is 0 Å². The molecule has 5 nitrogen and oxygen atoms in total. The lowest BCUT2D eigenvalue weighted by atomic mass is 9.70. The Morgan fingerprint density at radius 2 is 1.70 bits per heavy atom. The second-order valence-corrected chi connectivity index (χ2v) is 10.2. The van der Waals surface area contributed by atoms with Crippen LogP contribution in [0, 0.1) is 22.7 Å². The molecule has 1 N–H and O–H groups in total. The van der Waals surface area contributed by atoms with Crippen molar-refractivity contribution >= 4 is 11.8 Å². The highest BCUT2D eigenvalue weighted by Gasteiger charge is 2.42. The third-order valence-corrected chi connectivity index (χ3v) is 7.42. The van der Waals surface area contributed by atoms with E-state index in [0.717, 1.165) is 38.6 Å². The van der Waals surface area contributed by atoms with E-state index < -0.39 is 0 Å². The summed E-state index contributed by atoms with van der Waals surface area (Å²) in [4.78, 5) is 28.4. The Morgan fingerprint density at radius 1 is 1.00 bits per heavy atom. The molecule has 2 aromatic carbocycles. The number of amides is 2. The van der Waals surface area contributed by atoms with Gasteiger partial charge in [0.1, 0.15) is 0 Å². The smallest absolute Gasteiger partial charge is 0.251 e. The van der Waals surface area contributed by atoms with E-state index in [2.05, 4.69) is 37.4 Å². The maximum atomic E-state index is 13.6. The van der Waals surface area contributed by atoms with Gasteiger partial charge in [-0.15, -0.1) is 0 Å². The predicted octanol–water partition coefficient (Wildman–Crippen LogP) is 4.89. The third-order valence-electron chi connectivity index (χ3n) is 7.42. The van der Waals surface area contributed by atoms with E-state index in [0.29, 0.717) is 23.6 Å². The molecule has 1 saturated carbocycles. The van der Waals surface area contributed by atoms with Gasteiger partial charge in [0.05, 0.1) is 17.6 Å². The molecule has 2 amide bonds. The molecule has 2 fully saturated rings. The number of benzene rings is 2. The predicted molar refractivity (Wildman–Crippen MR) is 129 cm³/mol. The Balaban J connectivity index is 1.44. The number of rotatable bonds is 4. The summed E-state index contributed by atoms with van der Waals surface area (Å²) in [5, 5.41) is 12.2. The standard InChI is InChI=1S/C28H33N3O2/c1-28(2)19-31(17-16-24(28)21-14-12-20(18-29)13-15-21)27(33)23-10-6-7-11-25(23)30-26(32)22-8-4-3-5-9-22/h3-5,8-9,12-15,23-25H,6-7,10-11,16-17,19H2,1-2H3,(H,30,32)/t23-,24?,25+/m0/s1. The first-order valence-electron chi connectivity index (χ1n) is 12.0. The van der Waals surface area contributed by atoms with Gasteiger partial charge in [-0.3, -0.25) is 9.59 Å². The fraction of sp³-hybridized carbons (Fsp3) is 0.464. The molecular formula is C28H33N3O2. The maximum Gasteiger partial charge on any atom is 0.251 e. The van der Waals surface area contributed by atoms with E-state index in [9.17, 15) is 9.59 Å². The first-order valence-corrected chi connectivity index (χ1v) is 12.0. The Morgan fingerprint density at radius 3 is 2.36 bits per heavy atom. The lowest BCUT2D eigenvalue weighted by Crippen LogP contribution is -2.54. The minimum atomic E-state index is -0.159. The van der Waals surface area contributed by atoms with Crippen LogP contribution in [-0.4, -0.2) is 35.8 Å². The van der Waals surface area contributed by atoms with Gasteiger partial charge in [-0.25, -0.2) is 0 Å². The van der Waals surface area contributed by atoms with Crippen LogP contribution < -0.4 is 5.32 Å². The molecule has 2 aliphatic rings. The topological polar surface area (TPSA) is 73.2 Å². The van der Waals surface area contributed by atoms with Gasteiger partial charge < -0.3 is 10.2 Å². The Labute approximate surface area is 196 Å². The second-order valence-electron chi connectivity index (χ2n) is 10.2. The number of hydrogen-bond acceptors (Lipinski definition) is 3. The van der Waals surface area contributed by atoms with E-state index in [1.165, 1.54) is 5.56 Å². The molecule has 0 aromatic heterocycles. The molecule has 172 valence electrons. The quantitative estimate of drug-likeness (QED) is 0.731. The van der Waals surface area contributed by atoms with Crippen molar-refractivity contribution in [1.82, 2.24) is 10.2 Å². The van der Waals surface area contributed by atoms with Crippen molar-refractivity contribution in [1.29, 1.82) is 5.26 Å². The fourth-order valence-corrected chi connectivity index (χ4v) is 5.63. The van der Waals surface area contributed by atoms with Crippen molar-refractivity contribution in [3.8, 4) is 6.07 Å². The normalized spacial score (nSPS) is 24.5. The number of carbonyl (C=O) groups excluding carboxylic acids is 2. The minimum absolute atomic E-state index is 0.0699. The van der Waals surface area contributed by atoms with Crippen LogP contribution in [0.3, 0.4) is 0 Å². The van der Waals surface area contributed by atoms with Gasteiger partial charge >= 0.3 is 0 Å². The molecule has 5 heteroatoms. The number of nitrogens with zero attached hydrogens (tertiary/aromatic N) is 2. The van der Waals surface area contributed by atoms with Crippen LogP contribution in [0.4, 0.5) is 0 Å². The van der Waals surface area contributed by atoms with Gasteiger partial charge in [-0.1, -0.05) is 57.0 Å². The summed E-state index contributed by atoms with van der Waals surface area (Å²) in [7, 11) is 0. The molecule has 1 aliphatic carbocycles. The summed E-state index contributed by atoms with van der Waals surface area (Å²) in [6, 6.07) is 19.2. The zero-order chi connectivity index (χ0) is 23.4. The molecule has 0 bridgehead atoms. The van der Waals surface area contributed by atoms with E-state index in [1.54, 1.807) is 0 Å². The monoisotopic (exact) mass is 443 g/mol. The number of piperidine rings is 1. The molecule has 2 aromatic rings. The van der Waals surface area contributed by atoms with Crippen LogP contribution in [0.25, 0.3) is 0 Å². The zero-order valence-corrected chi connectivity index (χ0v) is 19.6. The molecule has 33 heavy (non-hydrogen) atoms. The lowest BCUT2D eigenvalue weighted by molar-refractivity contribution is -0.141. The first kappa shape index (κ1) is 23.0. The number of carbonyl (C=O) groups is 2. The largest absolute Gasteiger partial charge is 0.349 e. The fourth-order valence-electron chi connectivity index (χ4n) is 5.63. The van der Waals surface area contributed by atoms with Crippen LogP contribution in [0.2, 0.25) is 0 Å². The van der Waals surface area contributed by atoms with E-state index in [1.807, 2.05) is 47.4 Å². The average Bonchev–Trinajstić information content (AvgIpc) is 2.84. The first-order chi connectivity index (χ1) is 15.9. The Kier molecular flexibility index (Phi) is 6.83. The summed E-state index contributed by atoms with van der Waals surface area (Å²) >= 11 is 0. The molecule has 1 saturated heterocycles. The molecule has 3 atom stereocenters. The van der Waals surface area contributed by atoms with E-state index in [4.69, 9.17) is 5.26 Å². The molecule has 0 radical (unpaired) electrons. The average molecular weight is 444 g/mol. The highest BCUT2D eigenvalue weighted by molar-refractivity contribution is 5.94. The van der Waals surface area contributed by atoms with Gasteiger partial charge in [0, 0.05) is 24.7 Å². The summed E-state index contributed by atoms with van der Waals surface area (Å²) in [5.74, 6) is 0.266. The van der Waals surface area contributed by atoms with Crippen LogP contribution in [0.1, 0.15) is 73.4 Å². The van der Waals surface area contributed by atoms with Gasteiger partial charge in [-0.2, -0.15) is 5.26 Å². The van der Waals surface area contributed by atoms with Gasteiger partial charge in [0.2, 0.25) is 5.91 Å². The number of nitriles is 1. The van der Waals surface area contributed by atoms with E-state index in [-0.39, 0.29) is 29.2 Å². The molecule has 1 aliphatic heterocycles. The van der Waals surface area contributed by atoms with Crippen LogP contribution in [0.15, 0.2) is 54.6 Å². The molecule has 1 unspecified atom stereocenters. The van der Waals surface area contributed by atoms with Gasteiger partial charge in [-0.05, 0) is 60.4 Å².